The number of rotatable bonds is 2. The molecular weight excluding hydrogens is 296 g/mol. The summed E-state index contributed by atoms with van der Waals surface area (Å²) in [6, 6.07) is 8.23. The molecule has 0 fully saturated rings. The number of nitrogen functional groups attached to an aromatic ring is 2. The molecule has 0 unspecified atom stereocenters. The Labute approximate surface area is 112 Å². The molecule has 2 rings (SSSR count). The van der Waals surface area contributed by atoms with Gasteiger partial charge in [0.15, 0.2) is 0 Å². The standard InChI is InChI=1S/C12H11BrN4O/c13-8-2-4-11(16-6-8)17-12(18)7-1-3-9(14)10(15)5-7/h1-6H,14-15H2,(H,16,17,18). The minimum atomic E-state index is -0.281. The van der Waals surface area contributed by atoms with Gasteiger partial charge in [0.2, 0.25) is 0 Å². The number of carbonyl (C=O) groups is 1. The van der Waals surface area contributed by atoms with Crippen molar-refractivity contribution in [3.8, 4) is 0 Å². The van der Waals surface area contributed by atoms with Crippen LogP contribution in [0.4, 0.5) is 17.2 Å². The van der Waals surface area contributed by atoms with Gasteiger partial charge in [-0.15, -0.1) is 0 Å². The molecule has 92 valence electrons. The van der Waals surface area contributed by atoms with Crippen LogP contribution in [0.2, 0.25) is 0 Å². The van der Waals surface area contributed by atoms with Gasteiger partial charge >= 0.3 is 0 Å². The Morgan fingerprint density at radius 2 is 1.94 bits per heavy atom. The van der Waals surface area contributed by atoms with Crippen LogP contribution in [0.15, 0.2) is 41.0 Å². The van der Waals surface area contributed by atoms with E-state index < -0.39 is 0 Å². The second kappa shape index (κ2) is 5.05. The minimum Gasteiger partial charge on any atom is -0.397 e. The lowest BCUT2D eigenvalue weighted by molar-refractivity contribution is 0.102. The van der Waals surface area contributed by atoms with Crippen LogP contribution in [-0.2, 0) is 0 Å². The van der Waals surface area contributed by atoms with E-state index in [4.69, 9.17) is 11.5 Å². The van der Waals surface area contributed by atoms with Crippen molar-refractivity contribution in [3.05, 3.63) is 46.6 Å². The first-order chi connectivity index (χ1) is 8.56. The number of amides is 1. The van der Waals surface area contributed by atoms with Crippen molar-refractivity contribution in [1.29, 1.82) is 0 Å². The molecule has 0 atom stereocenters. The third-order valence-corrected chi connectivity index (χ3v) is 2.79. The van der Waals surface area contributed by atoms with Gasteiger partial charge in [-0.2, -0.15) is 0 Å². The molecule has 5 nitrogen and oxygen atoms in total. The Balaban J connectivity index is 2.16. The molecule has 1 aromatic heterocycles. The van der Waals surface area contributed by atoms with Crippen LogP contribution in [0.25, 0.3) is 0 Å². The Morgan fingerprint density at radius 1 is 1.17 bits per heavy atom. The summed E-state index contributed by atoms with van der Waals surface area (Å²) in [4.78, 5) is 16.0. The van der Waals surface area contributed by atoms with Crippen molar-refractivity contribution in [2.24, 2.45) is 0 Å². The molecule has 6 heteroatoms. The molecule has 0 spiro atoms. The smallest absolute Gasteiger partial charge is 0.256 e. The van der Waals surface area contributed by atoms with Gasteiger partial charge in [-0.05, 0) is 46.3 Å². The molecule has 0 radical (unpaired) electrons. The minimum absolute atomic E-state index is 0.281. The van der Waals surface area contributed by atoms with Crippen LogP contribution in [0.5, 0.6) is 0 Å². The van der Waals surface area contributed by atoms with Gasteiger partial charge in [0, 0.05) is 16.2 Å². The van der Waals surface area contributed by atoms with Gasteiger partial charge in [-0.1, -0.05) is 0 Å². The van der Waals surface area contributed by atoms with Crippen LogP contribution in [0, 0.1) is 0 Å². The van der Waals surface area contributed by atoms with Crippen LogP contribution in [-0.4, -0.2) is 10.9 Å². The van der Waals surface area contributed by atoms with E-state index in [1.165, 1.54) is 6.07 Å². The maximum Gasteiger partial charge on any atom is 0.256 e. The molecule has 0 saturated carbocycles. The summed E-state index contributed by atoms with van der Waals surface area (Å²) >= 11 is 3.27. The second-order valence-electron chi connectivity index (χ2n) is 3.66. The van der Waals surface area contributed by atoms with E-state index in [0.29, 0.717) is 22.8 Å². The quantitative estimate of drug-likeness (QED) is 0.742. The number of hydrogen-bond donors (Lipinski definition) is 3. The number of nitrogens with one attached hydrogen (secondary N) is 1. The topological polar surface area (TPSA) is 94.0 Å². The lowest BCUT2D eigenvalue weighted by Gasteiger charge is -2.06. The van der Waals surface area contributed by atoms with Crippen molar-refractivity contribution in [2.75, 3.05) is 16.8 Å². The van der Waals surface area contributed by atoms with Gasteiger partial charge in [0.05, 0.1) is 11.4 Å². The maximum absolute atomic E-state index is 11.9. The summed E-state index contributed by atoms with van der Waals surface area (Å²) in [6.07, 6.45) is 1.60. The van der Waals surface area contributed by atoms with Crippen molar-refractivity contribution < 1.29 is 4.79 Å². The van der Waals surface area contributed by atoms with Gasteiger partial charge in [-0.3, -0.25) is 4.79 Å². The van der Waals surface area contributed by atoms with E-state index in [0.717, 1.165) is 4.47 Å². The maximum atomic E-state index is 11.9. The van der Waals surface area contributed by atoms with Crippen LogP contribution in [0.3, 0.4) is 0 Å². The molecule has 18 heavy (non-hydrogen) atoms. The Bertz CT molecular complexity index is 583. The van der Waals surface area contributed by atoms with Gasteiger partial charge in [0.1, 0.15) is 5.82 Å². The highest BCUT2D eigenvalue weighted by Gasteiger charge is 2.08. The number of nitrogens with two attached hydrogens (primary N) is 2. The van der Waals surface area contributed by atoms with E-state index in [-0.39, 0.29) is 5.91 Å². The lowest BCUT2D eigenvalue weighted by Crippen LogP contribution is -2.13. The second-order valence-corrected chi connectivity index (χ2v) is 4.58. The largest absolute Gasteiger partial charge is 0.397 e. The van der Waals surface area contributed by atoms with E-state index in [9.17, 15) is 4.79 Å². The van der Waals surface area contributed by atoms with Gasteiger partial charge in [-0.25, -0.2) is 4.98 Å². The Morgan fingerprint density at radius 3 is 2.56 bits per heavy atom. The summed E-state index contributed by atoms with van der Waals surface area (Å²) in [5.41, 5.74) is 12.5. The van der Waals surface area contributed by atoms with Crippen molar-refractivity contribution >= 4 is 39.0 Å². The highest BCUT2D eigenvalue weighted by molar-refractivity contribution is 9.10. The predicted molar refractivity (Wildman–Crippen MR) is 75.2 cm³/mol. The van der Waals surface area contributed by atoms with Crippen molar-refractivity contribution in [3.63, 3.8) is 0 Å². The first kappa shape index (κ1) is 12.4. The van der Waals surface area contributed by atoms with E-state index in [1.54, 1.807) is 30.5 Å². The molecule has 5 N–H and O–H groups in total. The van der Waals surface area contributed by atoms with Gasteiger partial charge < -0.3 is 16.8 Å². The number of halogens is 1. The number of aromatic nitrogens is 1. The average Bonchev–Trinajstić information content (AvgIpc) is 2.35. The summed E-state index contributed by atoms with van der Waals surface area (Å²) in [7, 11) is 0. The molecule has 2 aromatic rings. The fourth-order valence-corrected chi connectivity index (χ4v) is 1.59. The molecule has 0 saturated heterocycles. The molecule has 1 amide bonds. The monoisotopic (exact) mass is 306 g/mol. The van der Waals surface area contributed by atoms with Crippen LogP contribution >= 0.6 is 15.9 Å². The van der Waals surface area contributed by atoms with Gasteiger partial charge in [0.25, 0.3) is 5.91 Å². The number of pyridine rings is 1. The molecule has 0 bridgehead atoms. The summed E-state index contributed by atoms with van der Waals surface area (Å²) in [6.45, 7) is 0. The van der Waals surface area contributed by atoms with E-state index >= 15 is 0 Å². The summed E-state index contributed by atoms with van der Waals surface area (Å²) < 4.78 is 0.845. The number of anilines is 3. The predicted octanol–water partition coefficient (Wildman–Crippen LogP) is 2.26. The molecule has 0 aliphatic rings. The number of nitrogens with zero attached hydrogens (tertiary/aromatic N) is 1. The SMILES string of the molecule is Nc1ccc(C(=O)Nc2ccc(Br)cn2)cc1N. The highest BCUT2D eigenvalue weighted by Crippen LogP contribution is 2.17. The van der Waals surface area contributed by atoms with E-state index in [1.807, 2.05) is 0 Å². The highest BCUT2D eigenvalue weighted by atomic mass is 79.9. The van der Waals surface area contributed by atoms with Crippen molar-refractivity contribution in [2.45, 2.75) is 0 Å². The molecule has 0 aliphatic carbocycles. The third-order valence-electron chi connectivity index (χ3n) is 2.32. The molecule has 1 heterocycles. The van der Waals surface area contributed by atoms with E-state index in [2.05, 4.69) is 26.2 Å². The average molecular weight is 307 g/mol. The zero-order chi connectivity index (χ0) is 13.1. The fraction of sp³-hybridized carbons (Fsp3) is 0. The number of benzene rings is 1. The Hall–Kier alpha value is -2.08. The van der Waals surface area contributed by atoms with Crippen molar-refractivity contribution in [1.82, 2.24) is 4.98 Å². The molecule has 1 aromatic carbocycles. The van der Waals surface area contributed by atoms with Crippen LogP contribution in [0.1, 0.15) is 10.4 Å². The molecular formula is C12H11BrN4O. The number of hydrogen-bond acceptors (Lipinski definition) is 4. The number of carbonyl (C=O) groups excluding carboxylic acids is 1. The lowest BCUT2D eigenvalue weighted by atomic mass is 10.1. The zero-order valence-corrected chi connectivity index (χ0v) is 10.9. The normalized spacial score (nSPS) is 10.1. The summed E-state index contributed by atoms with van der Waals surface area (Å²) in [5.74, 6) is 0.190. The fourth-order valence-electron chi connectivity index (χ4n) is 1.35. The third kappa shape index (κ3) is 2.78. The first-order valence-electron chi connectivity index (χ1n) is 5.14. The van der Waals surface area contributed by atoms with Crippen LogP contribution < -0.4 is 16.8 Å². The zero-order valence-electron chi connectivity index (χ0n) is 9.35. The summed E-state index contributed by atoms with van der Waals surface area (Å²) in [5, 5.41) is 2.66. The first-order valence-corrected chi connectivity index (χ1v) is 5.93. The Kier molecular flexibility index (Phi) is 3.47. The molecule has 0 aliphatic heterocycles.